The van der Waals surface area contributed by atoms with Crippen molar-refractivity contribution in [1.29, 1.82) is 0 Å². The number of anilines is 1. The highest BCUT2D eigenvalue weighted by atomic mass is 19.1. The van der Waals surface area contributed by atoms with Crippen molar-refractivity contribution in [3.63, 3.8) is 0 Å². The Balaban J connectivity index is 2.14. The Kier molecular flexibility index (Phi) is 7.97. The van der Waals surface area contributed by atoms with E-state index in [4.69, 9.17) is 14.2 Å². The molecule has 0 bridgehead atoms. The smallest absolute Gasteiger partial charge is 0.319 e. The van der Waals surface area contributed by atoms with Gasteiger partial charge in [0.05, 0.1) is 34.4 Å². The van der Waals surface area contributed by atoms with Crippen LogP contribution >= 0.6 is 0 Å². The summed E-state index contributed by atoms with van der Waals surface area (Å²) in [6, 6.07) is 9.77. The first kappa shape index (κ1) is 22.2. The monoisotopic (exact) mass is 404 g/mol. The molecular formula is C21H25FN2O5. The molecule has 7 nitrogen and oxygen atoms in total. The van der Waals surface area contributed by atoms with Crippen molar-refractivity contribution < 1.29 is 28.2 Å². The molecule has 1 N–H and O–H groups in total. The van der Waals surface area contributed by atoms with Gasteiger partial charge in [-0.05, 0) is 42.3 Å². The highest BCUT2D eigenvalue weighted by Gasteiger charge is 2.17. The van der Waals surface area contributed by atoms with Gasteiger partial charge in [-0.1, -0.05) is 6.07 Å². The van der Waals surface area contributed by atoms with Gasteiger partial charge in [0.2, 0.25) is 5.91 Å². The zero-order valence-electron chi connectivity index (χ0n) is 17.0. The molecule has 0 unspecified atom stereocenters. The predicted octanol–water partition coefficient (Wildman–Crippen LogP) is 2.77. The van der Waals surface area contributed by atoms with E-state index in [0.717, 1.165) is 5.56 Å². The lowest BCUT2D eigenvalue weighted by Crippen LogP contribution is -2.37. The van der Waals surface area contributed by atoms with E-state index in [9.17, 15) is 14.0 Å². The molecule has 0 aliphatic carbocycles. The molecule has 29 heavy (non-hydrogen) atoms. The second-order valence-electron chi connectivity index (χ2n) is 6.45. The summed E-state index contributed by atoms with van der Waals surface area (Å²) in [5, 5.41) is 2.64. The van der Waals surface area contributed by atoms with E-state index in [2.05, 4.69) is 5.32 Å². The molecule has 1 amide bonds. The molecule has 0 saturated carbocycles. The molecule has 0 radical (unpaired) electrons. The summed E-state index contributed by atoms with van der Waals surface area (Å²) >= 11 is 0. The summed E-state index contributed by atoms with van der Waals surface area (Å²) in [4.78, 5) is 25.8. The third-order valence-electron chi connectivity index (χ3n) is 4.22. The number of nitrogens with one attached hydrogen (secondary N) is 1. The van der Waals surface area contributed by atoms with Gasteiger partial charge in [-0.25, -0.2) is 4.39 Å². The number of esters is 1. The molecule has 8 heteroatoms. The van der Waals surface area contributed by atoms with Crippen LogP contribution in [0.1, 0.15) is 11.1 Å². The number of carbonyl (C=O) groups excluding carboxylic acids is 2. The van der Waals surface area contributed by atoms with Gasteiger partial charge in [-0.2, -0.15) is 0 Å². The Morgan fingerprint density at radius 2 is 1.66 bits per heavy atom. The van der Waals surface area contributed by atoms with E-state index in [1.54, 1.807) is 56.4 Å². The molecule has 156 valence electrons. The number of carbonyl (C=O) groups is 2. The van der Waals surface area contributed by atoms with Gasteiger partial charge in [0.15, 0.2) is 0 Å². The van der Waals surface area contributed by atoms with Crippen LogP contribution in [0.5, 0.6) is 11.5 Å². The van der Waals surface area contributed by atoms with E-state index in [1.807, 2.05) is 0 Å². The number of hydrogen-bond donors (Lipinski definition) is 1. The quantitative estimate of drug-likeness (QED) is 0.648. The van der Waals surface area contributed by atoms with Gasteiger partial charge in [0, 0.05) is 18.3 Å². The van der Waals surface area contributed by atoms with E-state index < -0.39 is 11.8 Å². The highest BCUT2D eigenvalue weighted by Crippen LogP contribution is 2.23. The van der Waals surface area contributed by atoms with Gasteiger partial charge in [-0.15, -0.1) is 0 Å². The average Bonchev–Trinajstić information content (AvgIpc) is 2.70. The Labute approximate surface area is 169 Å². The topological polar surface area (TPSA) is 77.1 Å². The third-order valence-corrected chi connectivity index (χ3v) is 4.22. The fourth-order valence-corrected chi connectivity index (χ4v) is 2.70. The number of halogens is 1. The van der Waals surface area contributed by atoms with Crippen LogP contribution in [-0.4, -0.2) is 51.2 Å². The maximum Gasteiger partial charge on any atom is 0.319 e. The summed E-state index contributed by atoms with van der Waals surface area (Å²) in [6.07, 6.45) is 0. The minimum absolute atomic E-state index is 0.0916. The number of rotatable bonds is 9. The number of nitrogens with zero attached hydrogens (tertiary/aromatic N) is 1. The maximum absolute atomic E-state index is 13.7. The molecular weight excluding hydrogens is 379 g/mol. The van der Waals surface area contributed by atoms with Gasteiger partial charge < -0.3 is 19.5 Å². The fourth-order valence-electron chi connectivity index (χ4n) is 2.70. The number of hydrogen-bond acceptors (Lipinski definition) is 6. The standard InChI is InChI=1S/C21H25FN2O5/c1-14-5-6-16(9-19(14)22)23-20(25)12-24(13-21(26)29-4)11-15-7-17(27-2)10-18(8-15)28-3/h5-10H,11-13H2,1-4H3,(H,23,25). The van der Waals surface area contributed by atoms with Crippen molar-refractivity contribution in [2.24, 2.45) is 0 Å². The fraction of sp³-hybridized carbons (Fsp3) is 0.333. The molecule has 0 heterocycles. The van der Waals surface area contributed by atoms with Gasteiger partial charge in [-0.3, -0.25) is 14.5 Å². The predicted molar refractivity (Wildman–Crippen MR) is 107 cm³/mol. The Morgan fingerprint density at radius 3 is 2.21 bits per heavy atom. The van der Waals surface area contributed by atoms with Crippen molar-refractivity contribution in [3.8, 4) is 11.5 Å². The van der Waals surface area contributed by atoms with Crippen molar-refractivity contribution in [2.45, 2.75) is 13.5 Å². The van der Waals surface area contributed by atoms with Crippen LogP contribution < -0.4 is 14.8 Å². The molecule has 0 atom stereocenters. The summed E-state index contributed by atoms with van der Waals surface area (Å²) in [5.74, 6) is -0.0762. The molecule has 0 aromatic heterocycles. The lowest BCUT2D eigenvalue weighted by Gasteiger charge is -2.21. The van der Waals surface area contributed by atoms with Crippen LogP contribution in [0, 0.1) is 12.7 Å². The lowest BCUT2D eigenvalue weighted by molar-refractivity contribution is -0.142. The Morgan fingerprint density at radius 1 is 1.00 bits per heavy atom. The number of aryl methyl sites for hydroxylation is 1. The van der Waals surface area contributed by atoms with E-state index in [0.29, 0.717) is 22.7 Å². The van der Waals surface area contributed by atoms with Crippen molar-refractivity contribution >= 4 is 17.6 Å². The average molecular weight is 404 g/mol. The Hall–Kier alpha value is -3.13. The van der Waals surface area contributed by atoms with Gasteiger partial charge in [0.25, 0.3) is 0 Å². The largest absolute Gasteiger partial charge is 0.497 e. The first-order valence-corrected chi connectivity index (χ1v) is 8.91. The van der Waals surface area contributed by atoms with Crippen molar-refractivity contribution in [2.75, 3.05) is 39.7 Å². The summed E-state index contributed by atoms with van der Waals surface area (Å²) in [7, 11) is 4.36. The number of methoxy groups -OCH3 is 3. The van der Waals surface area contributed by atoms with Gasteiger partial charge >= 0.3 is 5.97 Å². The zero-order valence-corrected chi connectivity index (χ0v) is 17.0. The number of ether oxygens (including phenoxy) is 3. The minimum atomic E-state index is -0.478. The van der Waals surface area contributed by atoms with Crippen LogP contribution in [0.25, 0.3) is 0 Å². The number of benzene rings is 2. The van der Waals surface area contributed by atoms with Crippen LogP contribution in [0.2, 0.25) is 0 Å². The van der Waals surface area contributed by atoms with Crippen molar-refractivity contribution in [1.82, 2.24) is 4.90 Å². The molecule has 0 aliphatic heterocycles. The normalized spacial score (nSPS) is 10.6. The highest BCUT2D eigenvalue weighted by molar-refractivity contribution is 5.92. The first-order valence-electron chi connectivity index (χ1n) is 8.91. The molecule has 0 saturated heterocycles. The summed E-state index contributed by atoms with van der Waals surface area (Å²) in [6.45, 7) is 1.73. The zero-order chi connectivity index (χ0) is 21.4. The lowest BCUT2D eigenvalue weighted by atomic mass is 10.2. The minimum Gasteiger partial charge on any atom is -0.497 e. The summed E-state index contributed by atoms with van der Waals surface area (Å²) in [5.41, 5.74) is 1.63. The van der Waals surface area contributed by atoms with E-state index in [-0.39, 0.29) is 25.5 Å². The number of amides is 1. The van der Waals surface area contributed by atoms with E-state index >= 15 is 0 Å². The summed E-state index contributed by atoms with van der Waals surface area (Å²) < 4.78 is 28.9. The molecule has 0 fully saturated rings. The van der Waals surface area contributed by atoms with E-state index in [1.165, 1.54) is 13.2 Å². The second kappa shape index (κ2) is 10.4. The van der Waals surface area contributed by atoms with Gasteiger partial charge in [0.1, 0.15) is 17.3 Å². The molecule has 2 aromatic rings. The first-order chi connectivity index (χ1) is 13.8. The van der Waals surface area contributed by atoms with Crippen LogP contribution in [0.15, 0.2) is 36.4 Å². The van der Waals surface area contributed by atoms with Crippen LogP contribution in [0.4, 0.5) is 10.1 Å². The SMILES string of the molecule is COC(=O)CN(CC(=O)Nc1ccc(C)c(F)c1)Cc1cc(OC)cc(OC)c1. The van der Waals surface area contributed by atoms with Crippen LogP contribution in [-0.2, 0) is 20.9 Å². The Bertz CT molecular complexity index is 850. The third kappa shape index (κ3) is 6.76. The van der Waals surface area contributed by atoms with Crippen LogP contribution in [0.3, 0.4) is 0 Å². The second-order valence-corrected chi connectivity index (χ2v) is 6.45. The molecule has 2 aromatic carbocycles. The molecule has 0 aliphatic rings. The van der Waals surface area contributed by atoms with Crippen molar-refractivity contribution in [3.05, 3.63) is 53.3 Å². The molecule has 0 spiro atoms. The maximum atomic E-state index is 13.7. The molecule has 2 rings (SSSR count).